The van der Waals surface area contributed by atoms with Crippen molar-refractivity contribution in [3.8, 4) is 0 Å². The van der Waals surface area contributed by atoms with E-state index in [4.69, 9.17) is 14.6 Å². The molecule has 1 fully saturated rings. The summed E-state index contributed by atoms with van der Waals surface area (Å²) in [5.74, 6) is 0.395. The first-order chi connectivity index (χ1) is 14.9. The fourth-order valence-electron chi connectivity index (χ4n) is 3.77. The highest BCUT2D eigenvalue weighted by Crippen LogP contribution is 2.45. The van der Waals surface area contributed by atoms with Crippen molar-refractivity contribution in [1.82, 2.24) is 25.0 Å². The SMILES string of the molecule is CC(C)(C)[Si](C)(C)OC[C@@H]1CC(O[Si](C)(C)C(C)(C)C)[C@H](n2nnc3c(=O)[nH]c(N)nc32)C1. The molecule has 0 amide bonds. The maximum Gasteiger partial charge on any atom is 0.282 e. The van der Waals surface area contributed by atoms with Gasteiger partial charge in [0.2, 0.25) is 5.95 Å². The van der Waals surface area contributed by atoms with Crippen LogP contribution >= 0.6 is 0 Å². The zero-order valence-corrected chi connectivity index (χ0v) is 23.9. The third-order valence-corrected chi connectivity index (χ3v) is 17.0. The van der Waals surface area contributed by atoms with Crippen molar-refractivity contribution in [2.45, 2.75) is 103 Å². The second-order valence-corrected chi connectivity index (χ2v) is 22.1. The molecule has 186 valence electrons. The van der Waals surface area contributed by atoms with Crippen molar-refractivity contribution in [2.24, 2.45) is 5.92 Å². The standard InChI is InChI=1S/C22H42N6O3Si2/c1-21(2,3)32(7,8)30-13-14-11-15(16(12-14)31-33(9,10)22(4,5)6)28-18-17(26-27-28)19(29)25-20(23)24-18/h14-16H,11-13H2,1-10H3,(H3,23,24,25,29)/t14-,15+,16?/m0/s1. The number of fused-ring (bicyclic) bond motifs is 1. The van der Waals surface area contributed by atoms with Crippen LogP contribution in [0, 0.1) is 5.92 Å². The lowest BCUT2D eigenvalue weighted by Crippen LogP contribution is -2.45. The number of hydrogen-bond acceptors (Lipinski definition) is 7. The third kappa shape index (κ3) is 5.25. The van der Waals surface area contributed by atoms with Crippen molar-refractivity contribution < 1.29 is 8.85 Å². The van der Waals surface area contributed by atoms with E-state index in [1.54, 1.807) is 4.68 Å². The Morgan fingerprint density at radius 2 is 1.67 bits per heavy atom. The molecule has 9 nitrogen and oxygen atoms in total. The largest absolute Gasteiger partial charge is 0.417 e. The molecule has 0 spiro atoms. The molecule has 0 aliphatic heterocycles. The van der Waals surface area contributed by atoms with Gasteiger partial charge in [-0.25, -0.2) is 4.68 Å². The van der Waals surface area contributed by atoms with Crippen LogP contribution < -0.4 is 11.3 Å². The summed E-state index contributed by atoms with van der Waals surface area (Å²) in [6.07, 6.45) is 1.66. The smallest absolute Gasteiger partial charge is 0.282 e. The first kappa shape index (κ1) is 26.0. The molecular formula is C22H42N6O3Si2. The summed E-state index contributed by atoms with van der Waals surface area (Å²) in [7, 11) is -3.90. The fourth-order valence-corrected chi connectivity index (χ4v) is 6.22. The number of aromatic amines is 1. The fraction of sp³-hybridized carbons (Fsp3) is 0.818. The molecular weight excluding hydrogens is 452 g/mol. The van der Waals surface area contributed by atoms with Gasteiger partial charge in [0.25, 0.3) is 5.56 Å². The predicted octanol–water partition coefficient (Wildman–Crippen LogP) is 4.46. The Labute approximate surface area is 199 Å². The Kier molecular flexibility index (Phi) is 6.77. The summed E-state index contributed by atoms with van der Waals surface area (Å²) < 4.78 is 15.2. The van der Waals surface area contributed by atoms with Crippen LogP contribution in [0.4, 0.5) is 5.95 Å². The van der Waals surface area contributed by atoms with E-state index in [-0.39, 0.29) is 39.2 Å². The van der Waals surface area contributed by atoms with Crippen molar-refractivity contribution in [1.29, 1.82) is 0 Å². The van der Waals surface area contributed by atoms with Crippen LogP contribution in [0.5, 0.6) is 0 Å². The summed E-state index contributed by atoms with van der Waals surface area (Å²) in [4.78, 5) is 19.2. The van der Waals surface area contributed by atoms with Gasteiger partial charge in [-0.15, -0.1) is 5.10 Å². The van der Waals surface area contributed by atoms with Crippen LogP contribution in [0.1, 0.15) is 60.4 Å². The van der Waals surface area contributed by atoms with Gasteiger partial charge >= 0.3 is 0 Å². The summed E-state index contributed by atoms with van der Waals surface area (Å²) in [5, 5.41) is 8.69. The zero-order chi connectivity index (χ0) is 25.0. The Bertz CT molecular complexity index is 1050. The maximum absolute atomic E-state index is 12.3. The molecule has 0 saturated heterocycles. The van der Waals surface area contributed by atoms with Crippen LogP contribution in [-0.4, -0.2) is 54.3 Å². The molecule has 1 aliphatic carbocycles. The molecule has 1 aliphatic rings. The molecule has 0 radical (unpaired) electrons. The Balaban J connectivity index is 1.93. The molecule has 0 aromatic carbocycles. The minimum Gasteiger partial charge on any atom is -0.417 e. The topological polar surface area (TPSA) is 121 Å². The van der Waals surface area contributed by atoms with Gasteiger partial charge in [0.1, 0.15) is 0 Å². The highest BCUT2D eigenvalue weighted by molar-refractivity contribution is 6.74. The van der Waals surface area contributed by atoms with E-state index in [1.807, 2.05) is 0 Å². The summed E-state index contributed by atoms with van der Waals surface area (Å²) in [6.45, 7) is 23.3. The highest BCUT2D eigenvalue weighted by atomic mass is 28.4. The number of nitrogens with one attached hydrogen (secondary N) is 1. The number of H-pyrrole nitrogens is 1. The van der Waals surface area contributed by atoms with E-state index in [9.17, 15) is 4.79 Å². The molecule has 1 saturated carbocycles. The van der Waals surface area contributed by atoms with E-state index >= 15 is 0 Å². The van der Waals surface area contributed by atoms with Gasteiger partial charge in [-0.1, -0.05) is 46.8 Å². The van der Waals surface area contributed by atoms with Crippen molar-refractivity contribution in [3.05, 3.63) is 10.4 Å². The molecule has 2 aromatic heterocycles. The lowest BCUT2D eigenvalue weighted by molar-refractivity contribution is 0.134. The number of nitrogens with two attached hydrogens (primary N) is 1. The van der Waals surface area contributed by atoms with E-state index in [0.717, 1.165) is 12.8 Å². The number of nitrogens with zero attached hydrogens (tertiary/aromatic N) is 4. The minimum absolute atomic E-state index is 0.0499. The van der Waals surface area contributed by atoms with Gasteiger partial charge in [-0.05, 0) is 55.0 Å². The normalized spacial score (nSPS) is 22.9. The molecule has 33 heavy (non-hydrogen) atoms. The van der Waals surface area contributed by atoms with Crippen LogP contribution in [0.2, 0.25) is 36.3 Å². The summed E-state index contributed by atoms with van der Waals surface area (Å²) in [6, 6.07) is -0.0779. The van der Waals surface area contributed by atoms with E-state index < -0.39 is 16.6 Å². The molecule has 0 bridgehead atoms. The van der Waals surface area contributed by atoms with Crippen molar-refractivity contribution >= 4 is 33.7 Å². The maximum atomic E-state index is 12.3. The van der Waals surface area contributed by atoms with Crippen LogP contribution in [-0.2, 0) is 8.85 Å². The van der Waals surface area contributed by atoms with Gasteiger partial charge in [-0.3, -0.25) is 9.78 Å². The number of aromatic nitrogens is 5. The summed E-state index contributed by atoms with van der Waals surface area (Å²) >= 11 is 0. The third-order valence-electron chi connectivity index (χ3n) is 7.97. The number of anilines is 1. The van der Waals surface area contributed by atoms with E-state index in [1.165, 1.54) is 0 Å². The van der Waals surface area contributed by atoms with Crippen LogP contribution in [0.3, 0.4) is 0 Å². The van der Waals surface area contributed by atoms with Gasteiger partial charge in [0.15, 0.2) is 27.8 Å². The van der Waals surface area contributed by atoms with E-state index in [2.05, 4.69) is 88.0 Å². The minimum atomic E-state index is -2.04. The first-order valence-electron chi connectivity index (χ1n) is 11.9. The van der Waals surface area contributed by atoms with Crippen LogP contribution in [0.15, 0.2) is 4.79 Å². The zero-order valence-electron chi connectivity index (χ0n) is 21.9. The van der Waals surface area contributed by atoms with Crippen molar-refractivity contribution in [3.63, 3.8) is 0 Å². The molecule has 3 atom stereocenters. The predicted molar refractivity (Wildman–Crippen MR) is 137 cm³/mol. The second kappa shape index (κ2) is 8.58. The number of nitrogen functional groups attached to an aromatic ring is 1. The molecule has 3 N–H and O–H groups in total. The first-order valence-corrected chi connectivity index (χ1v) is 17.7. The Morgan fingerprint density at radius 1 is 1.06 bits per heavy atom. The van der Waals surface area contributed by atoms with Gasteiger partial charge in [-0.2, -0.15) is 4.98 Å². The quantitative estimate of drug-likeness (QED) is 0.569. The average Bonchev–Trinajstić information content (AvgIpc) is 3.21. The monoisotopic (exact) mass is 494 g/mol. The van der Waals surface area contributed by atoms with Gasteiger partial charge < -0.3 is 14.6 Å². The molecule has 11 heteroatoms. The summed E-state index contributed by atoms with van der Waals surface area (Å²) in [5.41, 5.74) is 6.08. The number of rotatable bonds is 6. The van der Waals surface area contributed by atoms with Crippen molar-refractivity contribution in [2.75, 3.05) is 12.3 Å². The Hall–Kier alpha value is -1.57. The van der Waals surface area contributed by atoms with E-state index in [0.29, 0.717) is 18.2 Å². The Morgan fingerprint density at radius 3 is 2.24 bits per heavy atom. The highest BCUT2D eigenvalue weighted by Gasteiger charge is 2.46. The lowest BCUT2D eigenvalue weighted by atomic mass is 10.1. The second-order valence-electron chi connectivity index (χ2n) is 12.6. The number of hydrogen-bond donors (Lipinski definition) is 2. The lowest BCUT2D eigenvalue weighted by Gasteiger charge is -2.39. The molecule has 2 aromatic rings. The van der Waals surface area contributed by atoms with Gasteiger partial charge in [0, 0.05) is 6.61 Å². The van der Waals surface area contributed by atoms with Gasteiger partial charge in [0.05, 0.1) is 12.1 Å². The molecule has 3 rings (SSSR count). The molecule has 1 unspecified atom stereocenters. The van der Waals surface area contributed by atoms with Crippen LogP contribution in [0.25, 0.3) is 11.2 Å². The average molecular weight is 495 g/mol. The molecule has 2 heterocycles.